The maximum absolute atomic E-state index is 11.5. The fourth-order valence-corrected chi connectivity index (χ4v) is 4.33. The van der Waals surface area contributed by atoms with Crippen molar-refractivity contribution in [2.45, 2.75) is 45.2 Å². The summed E-state index contributed by atoms with van der Waals surface area (Å²) in [5, 5.41) is 3.44. The maximum Gasteiger partial charge on any atom is 0.234 e. The van der Waals surface area contributed by atoms with Crippen LogP contribution in [0, 0.1) is 5.92 Å². The Labute approximate surface area is 120 Å². The minimum atomic E-state index is -0.258. The zero-order valence-corrected chi connectivity index (χ0v) is 13.1. The molecule has 1 aliphatic carbocycles. The largest absolute Gasteiger partial charge is 0.368 e. The van der Waals surface area contributed by atoms with Gasteiger partial charge < -0.3 is 5.73 Å². The second-order valence-electron chi connectivity index (χ2n) is 5.16. The first-order chi connectivity index (χ1) is 8.49. The third-order valence-electron chi connectivity index (χ3n) is 3.44. The summed E-state index contributed by atoms with van der Waals surface area (Å²) in [6.45, 7) is 4.05. The molecule has 1 aromatic heterocycles. The average Bonchev–Trinajstić information content (AvgIpc) is 2.65. The minimum absolute atomic E-state index is 0.218. The third-order valence-corrected chi connectivity index (χ3v) is 5.15. The van der Waals surface area contributed by atoms with Gasteiger partial charge in [0.05, 0.1) is 9.83 Å². The summed E-state index contributed by atoms with van der Waals surface area (Å²) in [6, 6.07) is 2.19. The Morgan fingerprint density at radius 1 is 1.61 bits per heavy atom. The third kappa shape index (κ3) is 2.95. The molecule has 2 unspecified atom stereocenters. The predicted molar refractivity (Wildman–Crippen MR) is 78.7 cm³/mol. The summed E-state index contributed by atoms with van der Waals surface area (Å²) in [7, 11) is 0. The number of thiophene rings is 1. The van der Waals surface area contributed by atoms with Crippen LogP contribution in [0.5, 0.6) is 0 Å². The Hall–Kier alpha value is -0.390. The molecule has 100 valence electrons. The molecule has 3 nitrogen and oxygen atoms in total. The van der Waals surface area contributed by atoms with Gasteiger partial charge in [-0.1, -0.05) is 13.8 Å². The summed E-state index contributed by atoms with van der Waals surface area (Å²) in [4.78, 5) is 12.9. The van der Waals surface area contributed by atoms with Crippen LogP contribution in [-0.4, -0.2) is 11.9 Å². The van der Waals surface area contributed by atoms with Crippen molar-refractivity contribution in [3.63, 3.8) is 0 Å². The van der Waals surface area contributed by atoms with Crippen LogP contribution >= 0.6 is 27.3 Å². The molecule has 0 saturated carbocycles. The molecule has 3 N–H and O–H groups in total. The molecule has 0 aromatic carbocycles. The van der Waals surface area contributed by atoms with Gasteiger partial charge >= 0.3 is 0 Å². The minimum Gasteiger partial charge on any atom is -0.368 e. The van der Waals surface area contributed by atoms with Gasteiger partial charge in [0.15, 0.2) is 0 Å². The summed E-state index contributed by atoms with van der Waals surface area (Å²) in [5.41, 5.74) is 6.81. The van der Waals surface area contributed by atoms with E-state index in [9.17, 15) is 4.79 Å². The Kier molecular flexibility index (Phi) is 4.45. The number of rotatable bonds is 4. The predicted octanol–water partition coefficient (Wildman–Crippen LogP) is 2.99. The molecule has 1 aromatic rings. The molecule has 18 heavy (non-hydrogen) atoms. The lowest BCUT2D eigenvalue weighted by Crippen LogP contribution is -2.46. The lowest BCUT2D eigenvalue weighted by molar-refractivity contribution is -0.121. The first kappa shape index (κ1) is 14.0. The highest BCUT2D eigenvalue weighted by molar-refractivity contribution is 9.11. The van der Waals surface area contributed by atoms with E-state index in [1.165, 1.54) is 20.6 Å². The van der Waals surface area contributed by atoms with Gasteiger partial charge in [-0.05, 0) is 52.7 Å². The number of halogens is 1. The molecule has 0 radical (unpaired) electrons. The smallest absolute Gasteiger partial charge is 0.234 e. The summed E-state index contributed by atoms with van der Waals surface area (Å²) in [5.74, 6) is -0.0404. The van der Waals surface area contributed by atoms with E-state index in [1.807, 2.05) is 13.8 Å². The van der Waals surface area contributed by atoms with Crippen molar-refractivity contribution in [3.05, 3.63) is 20.3 Å². The lowest BCUT2D eigenvalue weighted by Gasteiger charge is -2.29. The standard InChI is InChI=1S/C13H19BrN2OS/c1-7(2)12(13(15)17)16-9-4-3-5-10-8(9)6-11(14)18-10/h6-7,9,12,16H,3-5H2,1-2H3,(H2,15,17). The topological polar surface area (TPSA) is 55.1 Å². The molecule has 0 spiro atoms. The summed E-state index contributed by atoms with van der Waals surface area (Å²) in [6.07, 6.45) is 3.39. The summed E-state index contributed by atoms with van der Waals surface area (Å²) >= 11 is 5.34. The monoisotopic (exact) mass is 330 g/mol. The van der Waals surface area contributed by atoms with Crippen LogP contribution in [0.15, 0.2) is 9.85 Å². The van der Waals surface area contributed by atoms with Crippen molar-refractivity contribution in [1.29, 1.82) is 0 Å². The van der Waals surface area contributed by atoms with E-state index in [4.69, 9.17) is 5.73 Å². The number of carbonyl (C=O) groups excluding carboxylic acids is 1. The highest BCUT2D eigenvalue weighted by Gasteiger charge is 2.28. The van der Waals surface area contributed by atoms with Gasteiger partial charge in [-0.2, -0.15) is 0 Å². The van der Waals surface area contributed by atoms with Gasteiger partial charge in [0.1, 0.15) is 0 Å². The molecule has 0 fully saturated rings. The van der Waals surface area contributed by atoms with Crippen molar-refractivity contribution in [2.75, 3.05) is 0 Å². The number of hydrogen-bond acceptors (Lipinski definition) is 3. The Bertz CT molecular complexity index is 444. The number of carbonyl (C=O) groups is 1. The molecular formula is C13H19BrN2OS. The van der Waals surface area contributed by atoms with Crippen LogP contribution in [0.1, 0.15) is 43.2 Å². The van der Waals surface area contributed by atoms with E-state index < -0.39 is 0 Å². The van der Waals surface area contributed by atoms with E-state index in [0.717, 1.165) is 12.8 Å². The molecule has 1 amide bonds. The van der Waals surface area contributed by atoms with Crippen LogP contribution < -0.4 is 11.1 Å². The molecule has 0 saturated heterocycles. The maximum atomic E-state index is 11.5. The van der Waals surface area contributed by atoms with Crippen molar-refractivity contribution < 1.29 is 4.79 Å². The molecular weight excluding hydrogens is 312 g/mol. The molecule has 1 aliphatic rings. The fraction of sp³-hybridized carbons (Fsp3) is 0.615. The molecule has 0 aliphatic heterocycles. The number of nitrogens with one attached hydrogen (secondary N) is 1. The van der Waals surface area contributed by atoms with Gasteiger partial charge in [0, 0.05) is 10.9 Å². The molecule has 2 atom stereocenters. The normalized spacial score (nSPS) is 20.8. The van der Waals surface area contributed by atoms with Gasteiger partial charge in [0.2, 0.25) is 5.91 Å². The van der Waals surface area contributed by atoms with E-state index in [2.05, 4.69) is 27.3 Å². The van der Waals surface area contributed by atoms with Gasteiger partial charge in [0.25, 0.3) is 0 Å². The van der Waals surface area contributed by atoms with E-state index in [-0.39, 0.29) is 23.9 Å². The van der Waals surface area contributed by atoms with E-state index in [1.54, 1.807) is 11.3 Å². The number of nitrogens with two attached hydrogens (primary N) is 1. The van der Waals surface area contributed by atoms with Crippen molar-refractivity contribution in [1.82, 2.24) is 5.32 Å². The second-order valence-corrected chi connectivity index (χ2v) is 7.68. The van der Waals surface area contributed by atoms with Crippen LogP contribution in [-0.2, 0) is 11.2 Å². The molecule has 0 bridgehead atoms. The molecule has 5 heteroatoms. The first-order valence-electron chi connectivity index (χ1n) is 6.32. The molecule has 1 heterocycles. The zero-order valence-electron chi connectivity index (χ0n) is 10.7. The lowest BCUT2D eigenvalue weighted by atomic mass is 9.92. The van der Waals surface area contributed by atoms with Crippen molar-refractivity contribution in [3.8, 4) is 0 Å². The highest BCUT2D eigenvalue weighted by Crippen LogP contribution is 2.38. The van der Waals surface area contributed by atoms with Gasteiger partial charge in [-0.15, -0.1) is 11.3 Å². The fourth-order valence-electron chi connectivity index (χ4n) is 2.51. The van der Waals surface area contributed by atoms with Crippen LogP contribution in [0.4, 0.5) is 0 Å². The Balaban J connectivity index is 2.17. The first-order valence-corrected chi connectivity index (χ1v) is 7.93. The number of primary amides is 1. The average molecular weight is 331 g/mol. The quantitative estimate of drug-likeness (QED) is 0.891. The number of amides is 1. The van der Waals surface area contributed by atoms with Gasteiger partial charge in [-0.3, -0.25) is 10.1 Å². The van der Waals surface area contributed by atoms with Gasteiger partial charge in [-0.25, -0.2) is 0 Å². The van der Waals surface area contributed by atoms with Crippen LogP contribution in [0.3, 0.4) is 0 Å². The highest BCUT2D eigenvalue weighted by atomic mass is 79.9. The SMILES string of the molecule is CC(C)C(NC1CCCc2sc(Br)cc21)C(N)=O. The van der Waals surface area contributed by atoms with Crippen molar-refractivity contribution >= 4 is 33.2 Å². The van der Waals surface area contributed by atoms with E-state index in [0.29, 0.717) is 0 Å². The van der Waals surface area contributed by atoms with E-state index >= 15 is 0 Å². The number of hydrogen-bond donors (Lipinski definition) is 2. The van der Waals surface area contributed by atoms with Crippen LogP contribution in [0.2, 0.25) is 0 Å². The number of fused-ring (bicyclic) bond motifs is 1. The Morgan fingerprint density at radius 3 is 2.94 bits per heavy atom. The molecule has 2 rings (SSSR count). The Morgan fingerprint density at radius 2 is 2.33 bits per heavy atom. The second kappa shape index (κ2) is 5.72. The summed E-state index contributed by atoms with van der Waals surface area (Å²) < 4.78 is 1.17. The van der Waals surface area contributed by atoms with Crippen molar-refractivity contribution in [2.24, 2.45) is 11.7 Å². The van der Waals surface area contributed by atoms with Crippen LogP contribution in [0.25, 0.3) is 0 Å². The zero-order chi connectivity index (χ0) is 13.3. The number of aryl methyl sites for hydroxylation is 1.